The van der Waals surface area contributed by atoms with Crippen LogP contribution >= 0.6 is 0 Å². The average molecular weight is 360 g/mol. The van der Waals surface area contributed by atoms with Crippen molar-refractivity contribution in [3.63, 3.8) is 0 Å². The third kappa shape index (κ3) is 4.09. The van der Waals surface area contributed by atoms with Gasteiger partial charge < -0.3 is 14.9 Å². The molecule has 2 aromatic carbocycles. The molecule has 0 saturated heterocycles. The Labute approximate surface area is 145 Å². The number of nitrogens with one attached hydrogen (secondary N) is 3. The molecule has 0 aliphatic rings. The monoisotopic (exact) mass is 360 g/mol. The van der Waals surface area contributed by atoms with E-state index in [-0.39, 0.29) is 10.6 Å². The molecule has 1 aromatic heterocycles. The predicted molar refractivity (Wildman–Crippen MR) is 98.4 cm³/mol. The first kappa shape index (κ1) is 17.2. The Morgan fingerprint density at radius 1 is 1.04 bits per heavy atom. The van der Waals surface area contributed by atoms with Gasteiger partial charge in [0.25, 0.3) is 0 Å². The van der Waals surface area contributed by atoms with Crippen LogP contribution in [0.2, 0.25) is 0 Å². The van der Waals surface area contributed by atoms with E-state index in [1.807, 2.05) is 37.4 Å². The molecule has 25 heavy (non-hydrogen) atoms. The second-order valence-corrected chi connectivity index (χ2v) is 7.56. The van der Waals surface area contributed by atoms with Gasteiger partial charge in [-0.05, 0) is 36.8 Å². The van der Waals surface area contributed by atoms with Crippen LogP contribution in [0.5, 0.6) is 0 Å². The minimum atomic E-state index is -3.61. The number of imidazole rings is 1. The van der Waals surface area contributed by atoms with E-state index in [4.69, 9.17) is 0 Å². The fourth-order valence-electron chi connectivity index (χ4n) is 2.60. The van der Waals surface area contributed by atoms with Gasteiger partial charge in [0.15, 0.2) is 0 Å². The highest BCUT2D eigenvalue weighted by Gasteiger charge is 2.14. The van der Waals surface area contributed by atoms with Crippen molar-refractivity contribution in [1.82, 2.24) is 14.7 Å². The van der Waals surface area contributed by atoms with E-state index in [0.29, 0.717) is 24.0 Å². The van der Waals surface area contributed by atoms with Gasteiger partial charge in [-0.2, -0.15) is 0 Å². The van der Waals surface area contributed by atoms with Crippen molar-refractivity contribution in [2.24, 2.45) is 0 Å². The Bertz CT molecular complexity index is 1010. The summed E-state index contributed by atoms with van der Waals surface area (Å²) in [6.07, 6.45) is 0.674. The van der Waals surface area contributed by atoms with Gasteiger partial charge in [-0.25, -0.2) is 17.9 Å². The Morgan fingerprint density at radius 2 is 1.76 bits per heavy atom. The summed E-state index contributed by atoms with van der Waals surface area (Å²) in [4.78, 5) is 18.6. The number of benzene rings is 2. The molecule has 7 nitrogen and oxygen atoms in total. The van der Waals surface area contributed by atoms with Crippen molar-refractivity contribution in [2.75, 3.05) is 25.0 Å². The summed E-state index contributed by atoms with van der Waals surface area (Å²) in [5, 5.41) is 0. The van der Waals surface area contributed by atoms with Crippen molar-refractivity contribution in [1.29, 1.82) is 0 Å². The van der Waals surface area contributed by atoms with E-state index >= 15 is 0 Å². The van der Waals surface area contributed by atoms with Crippen molar-refractivity contribution in [2.45, 2.75) is 11.3 Å². The molecular weight excluding hydrogens is 340 g/mol. The molecule has 8 heteroatoms. The van der Waals surface area contributed by atoms with E-state index < -0.39 is 10.0 Å². The number of aromatic nitrogens is 2. The van der Waals surface area contributed by atoms with Crippen LogP contribution in [0.4, 0.5) is 5.69 Å². The van der Waals surface area contributed by atoms with Gasteiger partial charge in [0, 0.05) is 25.8 Å². The Kier molecular flexibility index (Phi) is 4.91. The van der Waals surface area contributed by atoms with Crippen LogP contribution in [0.25, 0.3) is 11.0 Å². The molecule has 3 rings (SSSR count). The number of aromatic amines is 2. The van der Waals surface area contributed by atoms with Crippen LogP contribution in [-0.4, -0.2) is 38.5 Å². The maximum Gasteiger partial charge on any atom is 0.323 e. The minimum Gasteiger partial charge on any atom is -0.375 e. The summed E-state index contributed by atoms with van der Waals surface area (Å²) in [5.41, 5.74) is 1.78. The molecule has 1 heterocycles. The molecular formula is C17H20N4O3S. The lowest BCUT2D eigenvalue weighted by atomic mass is 10.3. The molecule has 0 aliphatic carbocycles. The molecule has 0 atom stereocenters. The van der Waals surface area contributed by atoms with Gasteiger partial charge >= 0.3 is 5.69 Å². The zero-order valence-electron chi connectivity index (χ0n) is 13.8. The van der Waals surface area contributed by atoms with Crippen molar-refractivity contribution in [3.8, 4) is 0 Å². The van der Waals surface area contributed by atoms with Crippen LogP contribution < -0.4 is 15.3 Å². The number of nitrogens with zero attached hydrogens (tertiary/aromatic N) is 1. The third-order valence-electron chi connectivity index (χ3n) is 3.96. The lowest BCUT2D eigenvalue weighted by molar-refractivity contribution is 0.579. The standard InChI is InChI=1S/C17H20N4O3S/c1-21(13-6-3-2-4-7-13)11-5-10-18-25(23,24)14-8-9-15-16(12-14)20-17(22)19-15/h2-4,6-9,12,18H,5,10-11H2,1H3,(H2,19,20,22). The maximum absolute atomic E-state index is 12.4. The summed E-state index contributed by atoms with van der Waals surface area (Å²) in [6, 6.07) is 14.4. The van der Waals surface area contributed by atoms with Gasteiger partial charge in [0.2, 0.25) is 10.0 Å². The number of H-pyrrole nitrogens is 2. The largest absolute Gasteiger partial charge is 0.375 e. The molecule has 0 amide bonds. The van der Waals surface area contributed by atoms with E-state index in [2.05, 4.69) is 19.6 Å². The molecule has 0 fully saturated rings. The quantitative estimate of drug-likeness (QED) is 0.558. The lowest BCUT2D eigenvalue weighted by Crippen LogP contribution is -2.28. The van der Waals surface area contributed by atoms with Gasteiger partial charge in [-0.15, -0.1) is 0 Å². The van der Waals surface area contributed by atoms with E-state index in [1.54, 1.807) is 6.07 Å². The topological polar surface area (TPSA) is 98.1 Å². The average Bonchev–Trinajstić information content (AvgIpc) is 2.98. The Morgan fingerprint density at radius 3 is 2.52 bits per heavy atom. The number of rotatable bonds is 7. The van der Waals surface area contributed by atoms with Crippen LogP contribution in [0, 0.1) is 0 Å². The highest BCUT2D eigenvalue weighted by atomic mass is 32.2. The number of para-hydroxylation sites is 1. The molecule has 0 bridgehead atoms. The summed E-state index contributed by atoms with van der Waals surface area (Å²) < 4.78 is 27.3. The molecule has 0 radical (unpaired) electrons. The molecule has 0 unspecified atom stereocenters. The number of anilines is 1. The fourth-order valence-corrected chi connectivity index (χ4v) is 3.70. The number of sulfonamides is 1. The highest BCUT2D eigenvalue weighted by Crippen LogP contribution is 2.15. The van der Waals surface area contributed by atoms with Gasteiger partial charge in [0.05, 0.1) is 15.9 Å². The van der Waals surface area contributed by atoms with E-state index in [9.17, 15) is 13.2 Å². The first-order valence-corrected chi connectivity index (χ1v) is 9.42. The molecule has 3 N–H and O–H groups in total. The zero-order chi connectivity index (χ0) is 17.9. The first-order chi connectivity index (χ1) is 12.0. The second kappa shape index (κ2) is 7.12. The predicted octanol–water partition coefficient (Wildman–Crippen LogP) is 1.66. The number of hydrogen-bond acceptors (Lipinski definition) is 4. The summed E-state index contributed by atoms with van der Waals surface area (Å²) in [5.74, 6) is 0. The summed E-state index contributed by atoms with van der Waals surface area (Å²) in [6.45, 7) is 1.07. The maximum atomic E-state index is 12.4. The molecule has 0 saturated carbocycles. The summed E-state index contributed by atoms with van der Waals surface area (Å²) >= 11 is 0. The lowest BCUT2D eigenvalue weighted by Gasteiger charge is -2.19. The first-order valence-electron chi connectivity index (χ1n) is 7.94. The highest BCUT2D eigenvalue weighted by molar-refractivity contribution is 7.89. The van der Waals surface area contributed by atoms with Crippen molar-refractivity contribution in [3.05, 3.63) is 59.0 Å². The summed E-state index contributed by atoms with van der Waals surface area (Å²) in [7, 11) is -1.64. The Balaban J connectivity index is 1.58. The van der Waals surface area contributed by atoms with Crippen molar-refractivity contribution < 1.29 is 8.42 Å². The van der Waals surface area contributed by atoms with Crippen molar-refractivity contribution >= 4 is 26.7 Å². The van der Waals surface area contributed by atoms with Gasteiger partial charge in [-0.1, -0.05) is 18.2 Å². The molecule has 132 valence electrons. The van der Waals surface area contributed by atoms with Crippen LogP contribution in [-0.2, 0) is 10.0 Å². The molecule has 0 aliphatic heterocycles. The smallest absolute Gasteiger partial charge is 0.323 e. The zero-order valence-corrected chi connectivity index (χ0v) is 14.6. The van der Waals surface area contributed by atoms with E-state index in [0.717, 1.165) is 12.2 Å². The van der Waals surface area contributed by atoms with E-state index in [1.165, 1.54) is 12.1 Å². The van der Waals surface area contributed by atoms with Crippen LogP contribution in [0.1, 0.15) is 6.42 Å². The number of hydrogen-bond donors (Lipinski definition) is 3. The van der Waals surface area contributed by atoms with Gasteiger partial charge in [0.1, 0.15) is 0 Å². The number of fused-ring (bicyclic) bond motifs is 1. The third-order valence-corrected chi connectivity index (χ3v) is 5.42. The van der Waals surface area contributed by atoms with Crippen LogP contribution in [0.3, 0.4) is 0 Å². The van der Waals surface area contributed by atoms with Gasteiger partial charge in [-0.3, -0.25) is 0 Å². The minimum absolute atomic E-state index is 0.131. The Hall–Kier alpha value is -2.58. The molecule has 0 spiro atoms. The molecule has 3 aromatic rings. The normalized spacial score (nSPS) is 11.7. The second-order valence-electron chi connectivity index (χ2n) is 5.79. The van der Waals surface area contributed by atoms with Crippen LogP contribution in [0.15, 0.2) is 58.2 Å². The SMILES string of the molecule is CN(CCCNS(=O)(=O)c1ccc2[nH]c(=O)[nH]c2c1)c1ccccc1. The fraction of sp³-hybridized carbons (Fsp3) is 0.235.